The van der Waals surface area contributed by atoms with Crippen LogP contribution >= 0.6 is 11.3 Å². The van der Waals surface area contributed by atoms with Crippen molar-refractivity contribution in [2.45, 2.75) is 32.1 Å². The van der Waals surface area contributed by atoms with Crippen molar-refractivity contribution in [1.82, 2.24) is 9.97 Å². The van der Waals surface area contributed by atoms with Crippen molar-refractivity contribution in [2.24, 2.45) is 0 Å². The smallest absolute Gasteiger partial charge is 0.229 e. The van der Waals surface area contributed by atoms with Crippen LogP contribution in [0.4, 0.5) is 5.13 Å². The third-order valence-corrected chi connectivity index (χ3v) is 6.06. The van der Waals surface area contributed by atoms with Crippen molar-refractivity contribution in [1.29, 1.82) is 0 Å². The predicted octanol–water partition coefficient (Wildman–Crippen LogP) is 4.59. The number of amides is 1. The second-order valence-corrected chi connectivity index (χ2v) is 8.10. The van der Waals surface area contributed by atoms with Crippen LogP contribution in [0.1, 0.15) is 34.0 Å². The van der Waals surface area contributed by atoms with Gasteiger partial charge in [0.15, 0.2) is 5.13 Å². The van der Waals surface area contributed by atoms with Gasteiger partial charge in [0.05, 0.1) is 11.6 Å². The molecule has 3 aromatic rings. The average molecular weight is 422 g/mol. The van der Waals surface area contributed by atoms with Crippen molar-refractivity contribution < 1.29 is 14.3 Å². The fraction of sp³-hybridized carbons (Fsp3) is 0.261. The number of carbonyl (C=O) groups is 1. The number of thiazole rings is 1. The summed E-state index contributed by atoms with van der Waals surface area (Å²) in [6.07, 6.45) is 6.99. The van der Waals surface area contributed by atoms with Gasteiger partial charge in [-0.2, -0.15) is 0 Å². The van der Waals surface area contributed by atoms with E-state index in [9.17, 15) is 4.79 Å². The van der Waals surface area contributed by atoms with Crippen LogP contribution < -0.4 is 5.32 Å². The zero-order valence-corrected chi connectivity index (χ0v) is 17.5. The van der Waals surface area contributed by atoms with Gasteiger partial charge in [-0.1, -0.05) is 36.4 Å². The van der Waals surface area contributed by atoms with Crippen molar-refractivity contribution in [3.8, 4) is 0 Å². The molecule has 1 unspecified atom stereocenters. The third-order valence-electron chi connectivity index (χ3n) is 4.88. The zero-order valence-electron chi connectivity index (χ0n) is 16.7. The Labute approximate surface area is 179 Å². The van der Waals surface area contributed by atoms with E-state index < -0.39 is 0 Å². The third kappa shape index (κ3) is 5.04. The lowest BCUT2D eigenvalue weighted by molar-refractivity contribution is -0.116. The van der Waals surface area contributed by atoms with Gasteiger partial charge >= 0.3 is 0 Å². The van der Waals surface area contributed by atoms with E-state index in [0.717, 1.165) is 28.3 Å². The number of hydrogen-bond acceptors (Lipinski definition) is 6. The number of aryl methyl sites for hydroxylation is 2. The summed E-state index contributed by atoms with van der Waals surface area (Å²) in [5.74, 6) is 0.729. The Bertz CT molecular complexity index is 1020. The van der Waals surface area contributed by atoms with Crippen molar-refractivity contribution in [3.05, 3.63) is 88.6 Å². The molecule has 0 aliphatic carbocycles. The lowest BCUT2D eigenvalue weighted by Crippen LogP contribution is -2.12. The van der Waals surface area contributed by atoms with Crippen LogP contribution in [0, 0.1) is 6.92 Å². The van der Waals surface area contributed by atoms with Gasteiger partial charge in [-0.25, -0.2) is 4.98 Å². The molecule has 154 valence electrons. The van der Waals surface area contributed by atoms with Gasteiger partial charge in [0.1, 0.15) is 12.0 Å². The quantitative estimate of drug-likeness (QED) is 0.576. The van der Waals surface area contributed by atoms with Gasteiger partial charge in [-0.05, 0) is 37.0 Å². The molecule has 1 aliphatic heterocycles. The van der Waals surface area contributed by atoms with Gasteiger partial charge in [-0.3, -0.25) is 9.78 Å². The highest BCUT2D eigenvalue weighted by atomic mass is 32.1. The van der Waals surface area contributed by atoms with Gasteiger partial charge in [0.2, 0.25) is 12.7 Å². The minimum atomic E-state index is -0.0570. The molecule has 0 saturated heterocycles. The number of benzene rings is 1. The maximum atomic E-state index is 12.4. The number of aromatic nitrogens is 2. The number of rotatable bonds is 8. The monoisotopic (exact) mass is 421 g/mol. The number of carbonyl (C=O) groups excluding carboxylic acids is 1. The van der Waals surface area contributed by atoms with Crippen LogP contribution in [-0.4, -0.2) is 22.7 Å². The highest BCUT2D eigenvalue weighted by Crippen LogP contribution is 2.38. The topological polar surface area (TPSA) is 73.3 Å². The molecule has 3 heterocycles. The van der Waals surface area contributed by atoms with Crippen LogP contribution in [-0.2, 0) is 27.1 Å². The minimum Gasteiger partial charge on any atom is -0.462 e. The molecule has 0 saturated carbocycles. The maximum Gasteiger partial charge on any atom is 0.229 e. The number of nitrogens with zero attached hydrogens (tertiary/aromatic N) is 2. The number of nitrogens with one attached hydrogen (secondary N) is 1. The number of allylic oxidation sites excluding steroid dienone is 1. The highest BCUT2D eigenvalue weighted by molar-refractivity contribution is 7.16. The Kier molecular flexibility index (Phi) is 6.39. The van der Waals surface area contributed by atoms with Crippen LogP contribution in [0.2, 0.25) is 0 Å². The van der Waals surface area contributed by atoms with Crippen LogP contribution in [0.5, 0.6) is 0 Å². The first-order valence-electron chi connectivity index (χ1n) is 9.83. The van der Waals surface area contributed by atoms with E-state index in [1.165, 1.54) is 16.9 Å². The lowest BCUT2D eigenvalue weighted by atomic mass is 9.95. The predicted molar refractivity (Wildman–Crippen MR) is 116 cm³/mol. The largest absolute Gasteiger partial charge is 0.462 e. The molecule has 0 spiro atoms. The summed E-state index contributed by atoms with van der Waals surface area (Å²) in [5.41, 5.74) is 3.13. The molecule has 2 aromatic heterocycles. The summed E-state index contributed by atoms with van der Waals surface area (Å²) in [7, 11) is 0. The molecule has 1 aromatic carbocycles. The van der Waals surface area contributed by atoms with E-state index in [0.29, 0.717) is 18.0 Å². The maximum absolute atomic E-state index is 12.4. The average Bonchev–Trinajstić information content (AvgIpc) is 3.42. The van der Waals surface area contributed by atoms with Gasteiger partial charge < -0.3 is 14.8 Å². The first-order valence-corrected chi connectivity index (χ1v) is 10.6. The first kappa shape index (κ1) is 20.1. The molecule has 30 heavy (non-hydrogen) atoms. The van der Waals surface area contributed by atoms with Crippen molar-refractivity contribution in [3.63, 3.8) is 0 Å². The van der Waals surface area contributed by atoms with Crippen LogP contribution in [0.3, 0.4) is 0 Å². The summed E-state index contributed by atoms with van der Waals surface area (Å²) in [5, 5.41) is 3.55. The molecule has 1 N–H and O–H groups in total. The van der Waals surface area contributed by atoms with Crippen molar-refractivity contribution >= 4 is 22.4 Å². The summed E-state index contributed by atoms with van der Waals surface area (Å²) < 4.78 is 11.0. The highest BCUT2D eigenvalue weighted by Gasteiger charge is 2.27. The number of hydrogen-bond donors (Lipinski definition) is 1. The fourth-order valence-electron chi connectivity index (χ4n) is 3.38. The zero-order chi connectivity index (χ0) is 20.8. The fourth-order valence-corrected chi connectivity index (χ4v) is 4.47. The number of anilines is 1. The van der Waals surface area contributed by atoms with Crippen molar-refractivity contribution in [2.75, 3.05) is 12.1 Å². The van der Waals surface area contributed by atoms with Gasteiger partial charge in [0.25, 0.3) is 0 Å². The second kappa shape index (κ2) is 9.54. The van der Waals surface area contributed by atoms with E-state index in [1.54, 1.807) is 18.7 Å². The molecule has 4 rings (SSSR count). The van der Waals surface area contributed by atoms with E-state index in [-0.39, 0.29) is 18.6 Å². The Morgan fingerprint density at radius 1 is 1.20 bits per heavy atom. The van der Waals surface area contributed by atoms with E-state index in [1.807, 2.05) is 37.3 Å². The molecular weight excluding hydrogens is 398 g/mol. The van der Waals surface area contributed by atoms with Gasteiger partial charge in [0, 0.05) is 23.7 Å². The molecule has 7 heteroatoms. The minimum absolute atomic E-state index is 0.00607. The molecule has 0 fully saturated rings. The summed E-state index contributed by atoms with van der Waals surface area (Å²) in [6, 6.07) is 14.1. The molecular formula is C23H23N3O3S. The Morgan fingerprint density at radius 2 is 2.03 bits per heavy atom. The Hall–Kier alpha value is -3.19. The summed E-state index contributed by atoms with van der Waals surface area (Å²) >= 11 is 1.49. The SMILES string of the molecule is Cc1nc(NC(=O)CCc2cccnc2)sc1C(Cc1ccccc1)C1=COCO1. The van der Waals surface area contributed by atoms with E-state index >= 15 is 0 Å². The summed E-state index contributed by atoms with van der Waals surface area (Å²) in [4.78, 5) is 22.1. The van der Waals surface area contributed by atoms with Gasteiger partial charge in [-0.15, -0.1) is 11.3 Å². The second-order valence-electron chi connectivity index (χ2n) is 7.07. The molecule has 0 bridgehead atoms. The molecule has 0 radical (unpaired) electrons. The molecule has 1 aliphatic rings. The van der Waals surface area contributed by atoms with Crippen LogP contribution in [0.15, 0.2) is 66.9 Å². The summed E-state index contributed by atoms with van der Waals surface area (Å²) in [6.45, 7) is 2.20. The lowest BCUT2D eigenvalue weighted by Gasteiger charge is -2.16. The Morgan fingerprint density at radius 3 is 2.77 bits per heavy atom. The number of ether oxygens (including phenoxy) is 2. The Balaban J connectivity index is 1.47. The molecule has 1 amide bonds. The van der Waals surface area contributed by atoms with E-state index in [4.69, 9.17) is 9.47 Å². The number of pyridine rings is 1. The van der Waals surface area contributed by atoms with Crippen LogP contribution in [0.25, 0.3) is 0 Å². The first-order chi connectivity index (χ1) is 14.7. The normalized spacial score (nSPS) is 13.8. The van der Waals surface area contributed by atoms with E-state index in [2.05, 4.69) is 27.4 Å². The molecule has 6 nitrogen and oxygen atoms in total. The standard InChI is InChI=1S/C23H23N3O3S/c1-16-22(19(20-14-28-15-29-20)12-17-6-3-2-4-7-17)30-23(25-16)26-21(27)10-9-18-8-5-11-24-13-18/h2-8,11,13-14,19H,9-10,12,15H2,1H3,(H,25,26,27). The molecule has 1 atom stereocenters.